The van der Waals surface area contributed by atoms with Gasteiger partial charge in [-0.15, -0.1) is 0 Å². The third-order valence-electron chi connectivity index (χ3n) is 3.03. The zero-order valence-electron chi connectivity index (χ0n) is 10.8. The number of carbonyl (C=O) groups is 1. The number of carbonyl (C=O) groups excluding carboxylic acids is 1. The zero-order chi connectivity index (χ0) is 13.5. The Balaban J connectivity index is 1.86. The molecule has 0 N–H and O–H groups in total. The van der Waals surface area contributed by atoms with Crippen molar-refractivity contribution < 1.29 is 4.79 Å². The second-order valence-corrected chi connectivity index (χ2v) is 5.52. The van der Waals surface area contributed by atoms with E-state index in [1.807, 2.05) is 35.2 Å². The molecule has 0 atom stereocenters. The van der Waals surface area contributed by atoms with Crippen LogP contribution in [0.3, 0.4) is 0 Å². The van der Waals surface area contributed by atoms with Crippen LogP contribution >= 0.6 is 22.6 Å². The van der Waals surface area contributed by atoms with E-state index in [9.17, 15) is 4.79 Å². The summed E-state index contributed by atoms with van der Waals surface area (Å²) < 4.78 is 1.15. The summed E-state index contributed by atoms with van der Waals surface area (Å²) in [4.78, 5) is 13.9. The number of alkyl halides is 1. The van der Waals surface area contributed by atoms with Gasteiger partial charge in [0.2, 0.25) is 0 Å². The Morgan fingerprint density at radius 1 is 1.21 bits per heavy atom. The molecule has 1 heterocycles. The fraction of sp³-hybridized carbons (Fsp3) is 0.429. The average molecular weight is 371 g/mol. The molecule has 0 bridgehead atoms. The molecule has 0 aromatic heterocycles. The highest BCUT2D eigenvalue weighted by Gasteiger charge is 2.27. The third kappa shape index (κ3) is 4.19. The Hall–Kier alpha value is -1.11. The van der Waals surface area contributed by atoms with Gasteiger partial charge in [-0.25, -0.2) is 9.80 Å². The molecule has 1 aliphatic heterocycles. The van der Waals surface area contributed by atoms with Crippen LogP contribution in [0, 0.1) is 0 Å². The molecule has 0 aliphatic carbocycles. The summed E-state index contributed by atoms with van der Waals surface area (Å²) in [6.45, 7) is 2.32. The smallest absolute Gasteiger partial charge is 0.321 e. The molecule has 102 valence electrons. The maximum Gasteiger partial charge on any atom is 0.340 e. The van der Waals surface area contributed by atoms with Gasteiger partial charge in [0.15, 0.2) is 0 Å². The lowest BCUT2D eigenvalue weighted by molar-refractivity contribution is 0.193. The molecule has 2 rings (SSSR count). The molecule has 4 nitrogen and oxygen atoms in total. The quantitative estimate of drug-likeness (QED) is 0.328. The monoisotopic (exact) mass is 371 g/mol. The Morgan fingerprint density at radius 2 is 2.00 bits per heavy atom. The number of rotatable bonds is 6. The molecule has 0 unspecified atom stereocenters. The van der Waals surface area contributed by atoms with Crippen LogP contribution in [-0.4, -0.2) is 46.2 Å². The van der Waals surface area contributed by atoms with E-state index in [4.69, 9.17) is 0 Å². The number of urea groups is 1. The maximum atomic E-state index is 12.1. The molecule has 2 amide bonds. The van der Waals surface area contributed by atoms with Crippen molar-refractivity contribution in [1.82, 2.24) is 9.91 Å². The summed E-state index contributed by atoms with van der Waals surface area (Å²) in [6, 6.07) is 9.87. The Morgan fingerprint density at radius 3 is 2.74 bits per heavy atom. The van der Waals surface area contributed by atoms with Crippen molar-refractivity contribution >= 4 is 34.8 Å². The Bertz CT molecular complexity index is 436. The number of nitrogens with zero attached hydrogens (tertiary/aromatic N) is 3. The van der Waals surface area contributed by atoms with Crippen molar-refractivity contribution in [2.45, 2.75) is 12.8 Å². The van der Waals surface area contributed by atoms with Crippen LogP contribution in [0.4, 0.5) is 4.79 Å². The number of halogens is 1. The van der Waals surface area contributed by atoms with Crippen molar-refractivity contribution in [3.05, 3.63) is 35.9 Å². The molecule has 1 fully saturated rings. The Labute approximate surface area is 127 Å². The zero-order valence-corrected chi connectivity index (χ0v) is 13.0. The number of benzene rings is 1. The fourth-order valence-corrected chi connectivity index (χ4v) is 2.50. The lowest BCUT2D eigenvalue weighted by Crippen LogP contribution is -2.30. The molecular formula is C14H18IN3O. The number of hydrogen-bond donors (Lipinski definition) is 0. The minimum atomic E-state index is 0.0284. The molecule has 0 saturated carbocycles. The second-order valence-electron chi connectivity index (χ2n) is 4.44. The summed E-state index contributed by atoms with van der Waals surface area (Å²) in [5, 5.41) is 5.82. The van der Waals surface area contributed by atoms with Crippen molar-refractivity contribution in [3.63, 3.8) is 0 Å². The number of unbranched alkanes of at least 4 members (excludes halogenated alkanes) is 1. The third-order valence-corrected chi connectivity index (χ3v) is 3.79. The van der Waals surface area contributed by atoms with Crippen molar-refractivity contribution in [1.29, 1.82) is 0 Å². The van der Waals surface area contributed by atoms with Crippen molar-refractivity contribution in [3.8, 4) is 0 Å². The predicted molar refractivity (Wildman–Crippen MR) is 85.8 cm³/mol. The van der Waals surface area contributed by atoms with Gasteiger partial charge < -0.3 is 4.90 Å². The largest absolute Gasteiger partial charge is 0.340 e. The van der Waals surface area contributed by atoms with Crippen LogP contribution in [0.25, 0.3) is 0 Å². The van der Waals surface area contributed by atoms with Gasteiger partial charge in [0.1, 0.15) is 0 Å². The highest BCUT2D eigenvalue weighted by Crippen LogP contribution is 2.10. The summed E-state index contributed by atoms with van der Waals surface area (Å²) in [5.41, 5.74) is 1.01. The van der Waals surface area contributed by atoms with Crippen LogP contribution in [0.5, 0.6) is 0 Å². The van der Waals surface area contributed by atoms with E-state index in [0.717, 1.165) is 35.9 Å². The van der Waals surface area contributed by atoms with Gasteiger partial charge in [-0.3, -0.25) is 0 Å². The standard InChI is InChI=1S/C14H18IN3O/c15-8-4-5-9-17-10-11-18(14(17)19)16-12-13-6-2-1-3-7-13/h1-3,6-7,12H,4-5,8-11H2/b16-12+. The van der Waals surface area contributed by atoms with Crippen molar-refractivity contribution in [2.24, 2.45) is 5.10 Å². The van der Waals surface area contributed by atoms with E-state index >= 15 is 0 Å². The number of hydrazone groups is 1. The number of hydrogen-bond acceptors (Lipinski definition) is 2. The molecule has 1 saturated heterocycles. The van der Waals surface area contributed by atoms with Gasteiger partial charge in [-0.05, 0) is 22.8 Å². The van der Waals surface area contributed by atoms with E-state index in [1.54, 1.807) is 11.2 Å². The van der Waals surface area contributed by atoms with Gasteiger partial charge in [-0.1, -0.05) is 52.9 Å². The van der Waals surface area contributed by atoms with Crippen LogP contribution in [-0.2, 0) is 0 Å². The molecular weight excluding hydrogens is 353 g/mol. The summed E-state index contributed by atoms with van der Waals surface area (Å²) in [7, 11) is 0. The van der Waals surface area contributed by atoms with E-state index in [2.05, 4.69) is 27.7 Å². The summed E-state index contributed by atoms with van der Waals surface area (Å²) in [6.07, 6.45) is 3.98. The van der Waals surface area contributed by atoms with Crippen LogP contribution in [0.1, 0.15) is 18.4 Å². The van der Waals surface area contributed by atoms with Gasteiger partial charge >= 0.3 is 6.03 Å². The van der Waals surface area contributed by atoms with Crippen molar-refractivity contribution in [2.75, 3.05) is 24.1 Å². The van der Waals surface area contributed by atoms with Gasteiger partial charge in [0.05, 0.1) is 12.8 Å². The van der Waals surface area contributed by atoms with Crippen LogP contribution in [0.2, 0.25) is 0 Å². The molecule has 0 radical (unpaired) electrons. The summed E-state index contributed by atoms with van der Waals surface area (Å²) >= 11 is 2.37. The van der Waals surface area contributed by atoms with Gasteiger partial charge in [0.25, 0.3) is 0 Å². The SMILES string of the molecule is O=C1N(CCCCI)CCN1/N=C/c1ccccc1. The lowest BCUT2D eigenvalue weighted by atomic mass is 10.2. The minimum absolute atomic E-state index is 0.0284. The first kappa shape index (κ1) is 14.3. The highest BCUT2D eigenvalue weighted by molar-refractivity contribution is 14.1. The lowest BCUT2D eigenvalue weighted by Gasteiger charge is -2.14. The van der Waals surface area contributed by atoms with E-state index in [0.29, 0.717) is 6.54 Å². The molecule has 5 heteroatoms. The number of amides is 2. The maximum absolute atomic E-state index is 12.1. The second kappa shape index (κ2) is 7.47. The van der Waals surface area contributed by atoms with Crippen LogP contribution in [0.15, 0.2) is 35.4 Å². The first-order valence-corrected chi connectivity index (χ1v) is 8.05. The molecule has 0 spiro atoms. The molecule has 1 aromatic carbocycles. The Kier molecular flexibility index (Phi) is 5.62. The first-order chi connectivity index (χ1) is 9.31. The van der Waals surface area contributed by atoms with E-state index in [1.165, 1.54) is 0 Å². The van der Waals surface area contributed by atoms with Gasteiger partial charge in [-0.2, -0.15) is 5.10 Å². The molecule has 1 aromatic rings. The van der Waals surface area contributed by atoms with Gasteiger partial charge in [0, 0.05) is 13.1 Å². The van der Waals surface area contributed by atoms with E-state index in [-0.39, 0.29) is 6.03 Å². The highest BCUT2D eigenvalue weighted by atomic mass is 127. The van der Waals surface area contributed by atoms with Crippen LogP contribution < -0.4 is 0 Å². The minimum Gasteiger partial charge on any atom is -0.321 e. The fourth-order valence-electron chi connectivity index (χ4n) is 1.96. The molecule has 19 heavy (non-hydrogen) atoms. The normalized spacial score (nSPS) is 15.7. The van der Waals surface area contributed by atoms with E-state index < -0.39 is 0 Å². The predicted octanol–water partition coefficient (Wildman–Crippen LogP) is 2.97. The first-order valence-electron chi connectivity index (χ1n) is 6.52. The average Bonchev–Trinajstić information content (AvgIpc) is 2.79. The topological polar surface area (TPSA) is 35.9 Å². The summed E-state index contributed by atoms with van der Waals surface area (Å²) in [5.74, 6) is 0. The molecule has 1 aliphatic rings.